The van der Waals surface area contributed by atoms with Gasteiger partial charge in [0.15, 0.2) is 0 Å². The van der Waals surface area contributed by atoms with Crippen molar-refractivity contribution in [1.29, 1.82) is 0 Å². The smallest absolute Gasteiger partial charge is 0.141 e. The SMILES string of the molecule is Fc1cc(OCC2CC3CCC2C3)ccc1Br. The first kappa shape index (κ1) is 11.5. The third-order valence-corrected chi connectivity index (χ3v) is 4.88. The second kappa shape index (κ2) is 4.60. The molecule has 3 unspecified atom stereocenters. The molecule has 0 aromatic heterocycles. The van der Waals surface area contributed by atoms with E-state index in [2.05, 4.69) is 15.9 Å². The van der Waals surface area contributed by atoms with Crippen LogP contribution in [0.15, 0.2) is 22.7 Å². The minimum absolute atomic E-state index is 0.254. The van der Waals surface area contributed by atoms with E-state index in [1.54, 1.807) is 6.07 Å². The van der Waals surface area contributed by atoms with Crippen LogP contribution in [-0.2, 0) is 0 Å². The van der Waals surface area contributed by atoms with Crippen LogP contribution in [0.2, 0.25) is 0 Å². The number of hydrogen-bond acceptors (Lipinski definition) is 1. The van der Waals surface area contributed by atoms with Gasteiger partial charge in [0.1, 0.15) is 11.6 Å². The van der Waals surface area contributed by atoms with Crippen LogP contribution < -0.4 is 4.74 Å². The Labute approximate surface area is 109 Å². The fourth-order valence-electron chi connectivity index (χ4n) is 3.35. The highest BCUT2D eigenvalue weighted by Gasteiger charge is 2.39. The Morgan fingerprint density at radius 3 is 2.82 bits per heavy atom. The fraction of sp³-hybridized carbons (Fsp3) is 0.571. The Balaban J connectivity index is 1.59. The molecule has 3 heteroatoms. The molecule has 17 heavy (non-hydrogen) atoms. The number of hydrogen-bond donors (Lipinski definition) is 0. The summed E-state index contributed by atoms with van der Waals surface area (Å²) in [7, 11) is 0. The number of ether oxygens (including phenoxy) is 1. The van der Waals surface area contributed by atoms with Gasteiger partial charge in [0.2, 0.25) is 0 Å². The summed E-state index contributed by atoms with van der Waals surface area (Å²) >= 11 is 3.14. The van der Waals surface area contributed by atoms with E-state index in [4.69, 9.17) is 4.74 Å². The predicted octanol–water partition coefficient (Wildman–Crippen LogP) is 4.40. The standard InChI is InChI=1S/C14H16BrFO/c15-13-4-3-12(7-14(13)16)17-8-11-6-9-1-2-10(11)5-9/h3-4,7,9-11H,1-2,5-6,8H2. The Kier molecular flexibility index (Phi) is 3.12. The van der Waals surface area contributed by atoms with Gasteiger partial charge >= 0.3 is 0 Å². The highest BCUT2D eigenvalue weighted by molar-refractivity contribution is 9.10. The molecule has 92 valence electrons. The molecular formula is C14H16BrFO. The maximum absolute atomic E-state index is 13.3. The summed E-state index contributed by atoms with van der Waals surface area (Å²) in [6, 6.07) is 4.98. The van der Waals surface area contributed by atoms with E-state index < -0.39 is 0 Å². The largest absolute Gasteiger partial charge is 0.493 e. The van der Waals surface area contributed by atoms with Crippen LogP contribution in [0.4, 0.5) is 4.39 Å². The van der Waals surface area contributed by atoms with Gasteiger partial charge in [-0.2, -0.15) is 0 Å². The second-order valence-electron chi connectivity index (χ2n) is 5.32. The number of benzene rings is 1. The molecule has 3 rings (SSSR count). The van der Waals surface area contributed by atoms with Crippen LogP contribution in [0.25, 0.3) is 0 Å². The van der Waals surface area contributed by atoms with Gasteiger partial charge in [-0.15, -0.1) is 0 Å². The topological polar surface area (TPSA) is 9.23 Å². The first-order valence-corrected chi connectivity index (χ1v) is 7.09. The van der Waals surface area contributed by atoms with Crippen molar-refractivity contribution in [3.63, 3.8) is 0 Å². The van der Waals surface area contributed by atoms with Crippen molar-refractivity contribution in [3.05, 3.63) is 28.5 Å². The van der Waals surface area contributed by atoms with E-state index in [9.17, 15) is 4.39 Å². The molecule has 0 N–H and O–H groups in total. The summed E-state index contributed by atoms with van der Waals surface area (Å²) in [5, 5.41) is 0. The molecule has 0 amide bonds. The van der Waals surface area contributed by atoms with Crippen LogP contribution in [-0.4, -0.2) is 6.61 Å². The van der Waals surface area contributed by atoms with Gasteiger partial charge < -0.3 is 4.74 Å². The summed E-state index contributed by atoms with van der Waals surface area (Å²) in [6.45, 7) is 0.752. The molecule has 2 fully saturated rings. The third-order valence-electron chi connectivity index (χ3n) is 4.24. The van der Waals surface area contributed by atoms with E-state index in [1.807, 2.05) is 6.07 Å². The average Bonchev–Trinajstić information content (AvgIpc) is 2.92. The molecule has 0 heterocycles. The molecule has 1 aromatic carbocycles. The van der Waals surface area contributed by atoms with Gasteiger partial charge in [0.25, 0.3) is 0 Å². The molecule has 0 radical (unpaired) electrons. The van der Waals surface area contributed by atoms with Crippen molar-refractivity contribution >= 4 is 15.9 Å². The van der Waals surface area contributed by atoms with Crippen LogP contribution >= 0.6 is 15.9 Å². The molecule has 3 atom stereocenters. The molecule has 2 bridgehead atoms. The Bertz CT molecular complexity index is 421. The van der Waals surface area contributed by atoms with Gasteiger partial charge in [-0.05, 0) is 65.1 Å². The Morgan fingerprint density at radius 1 is 1.29 bits per heavy atom. The maximum Gasteiger partial charge on any atom is 0.141 e. The molecule has 0 aliphatic heterocycles. The average molecular weight is 299 g/mol. The summed E-state index contributed by atoms with van der Waals surface area (Å²) in [5.74, 6) is 2.89. The van der Waals surface area contributed by atoms with Crippen LogP contribution in [0, 0.1) is 23.6 Å². The van der Waals surface area contributed by atoms with Crippen molar-refractivity contribution in [2.45, 2.75) is 25.7 Å². The van der Waals surface area contributed by atoms with Crippen molar-refractivity contribution < 1.29 is 9.13 Å². The van der Waals surface area contributed by atoms with Crippen molar-refractivity contribution in [2.24, 2.45) is 17.8 Å². The maximum atomic E-state index is 13.3. The molecular weight excluding hydrogens is 283 g/mol. The van der Waals surface area contributed by atoms with Crippen LogP contribution in [0.5, 0.6) is 5.75 Å². The van der Waals surface area contributed by atoms with Gasteiger partial charge in [-0.1, -0.05) is 6.42 Å². The summed E-state index contributed by atoms with van der Waals surface area (Å²) in [5.41, 5.74) is 0. The second-order valence-corrected chi connectivity index (χ2v) is 6.18. The molecule has 0 saturated heterocycles. The molecule has 2 aliphatic carbocycles. The lowest BCUT2D eigenvalue weighted by atomic mass is 9.89. The van der Waals surface area contributed by atoms with Crippen LogP contribution in [0.1, 0.15) is 25.7 Å². The van der Waals surface area contributed by atoms with Crippen molar-refractivity contribution in [1.82, 2.24) is 0 Å². The van der Waals surface area contributed by atoms with E-state index >= 15 is 0 Å². The lowest BCUT2D eigenvalue weighted by molar-refractivity contribution is 0.194. The quantitative estimate of drug-likeness (QED) is 0.803. The van der Waals surface area contributed by atoms with E-state index in [0.29, 0.717) is 16.1 Å². The fourth-order valence-corrected chi connectivity index (χ4v) is 3.60. The predicted molar refractivity (Wildman–Crippen MR) is 68.5 cm³/mol. The number of fused-ring (bicyclic) bond motifs is 2. The lowest BCUT2D eigenvalue weighted by Gasteiger charge is -2.21. The van der Waals surface area contributed by atoms with Gasteiger partial charge in [-0.3, -0.25) is 0 Å². The third kappa shape index (κ3) is 2.35. The van der Waals surface area contributed by atoms with Crippen molar-refractivity contribution in [2.75, 3.05) is 6.61 Å². The minimum Gasteiger partial charge on any atom is -0.493 e. The van der Waals surface area contributed by atoms with E-state index in [-0.39, 0.29) is 5.82 Å². The zero-order chi connectivity index (χ0) is 11.8. The zero-order valence-electron chi connectivity index (χ0n) is 9.66. The summed E-state index contributed by atoms with van der Waals surface area (Å²) in [6.07, 6.45) is 5.48. The Hall–Kier alpha value is -0.570. The molecule has 2 aliphatic rings. The number of rotatable bonds is 3. The first-order valence-electron chi connectivity index (χ1n) is 6.30. The van der Waals surface area contributed by atoms with E-state index in [1.165, 1.54) is 31.7 Å². The van der Waals surface area contributed by atoms with E-state index in [0.717, 1.165) is 18.4 Å². The van der Waals surface area contributed by atoms with Gasteiger partial charge in [-0.25, -0.2) is 4.39 Å². The molecule has 1 aromatic rings. The van der Waals surface area contributed by atoms with Crippen LogP contribution in [0.3, 0.4) is 0 Å². The first-order chi connectivity index (χ1) is 8.22. The Morgan fingerprint density at radius 2 is 2.18 bits per heavy atom. The lowest BCUT2D eigenvalue weighted by Crippen LogP contribution is -2.18. The molecule has 0 spiro atoms. The van der Waals surface area contributed by atoms with Gasteiger partial charge in [0, 0.05) is 6.07 Å². The highest BCUT2D eigenvalue weighted by atomic mass is 79.9. The monoisotopic (exact) mass is 298 g/mol. The molecule has 2 saturated carbocycles. The number of halogens is 2. The molecule has 1 nitrogen and oxygen atoms in total. The normalized spacial score (nSPS) is 30.8. The highest BCUT2D eigenvalue weighted by Crippen LogP contribution is 2.48. The zero-order valence-corrected chi connectivity index (χ0v) is 11.2. The van der Waals surface area contributed by atoms with Crippen molar-refractivity contribution in [3.8, 4) is 5.75 Å². The summed E-state index contributed by atoms with van der Waals surface area (Å²) in [4.78, 5) is 0. The summed E-state index contributed by atoms with van der Waals surface area (Å²) < 4.78 is 19.5. The minimum atomic E-state index is -0.254. The van der Waals surface area contributed by atoms with Gasteiger partial charge in [0.05, 0.1) is 11.1 Å².